The predicted octanol–water partition coefficient (Wildman–Crippen LogP) is 5.36. The smallest absolute Gasteiger partial charge is 0.460 e. The predicted molar refractivity (Wildman–Crippen MR) is 178 cm³/mol. The molecule has 0 radical (unpaired) electrons. The van der Waals surface area contributed by atoms with Crippen LogP contribution in [-0.2, 0) is 39.4 Å². The number of benzene rings is 3. The molecule has 1 saturated heterocycles. The van der Waals surface area contributed by atoms with Crippen LogP contribution in [0.2, 0.25) is 0 Å². The Morgan fingerprint density at radius 2 is 1.76 bits per heavy atom. The molecule has 3 aromatic carbocycles. The molecule has 5 atom stereocenters. The summed E-state index contributed by atoms with van der Waals surface area (Å²) in [4.78, 5) is 51.7. The molecule has 2 heterocycles. The highest BCUT2D eigenvalue weighted by molar-refractivity contribution is 7.52. The molecule has 2 unspecified atom stereocenters. The van der Waals surface area contributed by atoms with Gasteiger partial charge in [0.1, 0.15) is 42.4 Å². The minimum atomic E-state index is -4.49. The third-order valence-corrected chi connectivity index (χ3v) is 8.99. The van der Waals surface area contributed by atoms with Crippen LogP contribution in [0.3, 0.4) is 0 Å². The number of nitrogens with one attached hydrogen (secondary N) is 2. The van der Waals surface area contributed by atoms with Gasteiger partial charge in [0.05, 0.1) is 12.8 Å². The lowest BCUT2D eigenvalue weighted by Crippen LogP contribution is -2.37. The van der Waals surface area contributed by atoms with E-state index in [0.717, 1.165) is 15.5 Å². The number of H-pyrrole nitrogens is 1. The van der Waals surface area contributed by atoms with E-state index in [9.17, 15) is 28.1 Å². The fourth-order valence-corrected chi connectivity index (χ4v) is 6.55. The number of ether oxygens (including phenoxy) is 4. The molecule has 50 heavy (non-hydrogen) atoms. The Bertz CT molecular complexity index is 1990. The number of aromatic amines is 1. The average Bonchev–Trinajstić information content (AvgIpc) is 3.46. The van der Waals surface area contributed by atoms with Crippen LogP contribution >= 0.6 is 7.75 Å². The molecule has 4 aromatic rings. The number of carbonyl (C=O) groups is 2. The second-order valence-corrected chi connectivity index (χ2v) is 14.1. The molecule has 266 valence electrons. The Morgan fingerprint density at radius 1 is 1.06 bits per heavy atom. The molecule has 1 aromatic heterocycles. The summed E-state index contributed by atoms with van der Waals surface area (Å²) in [5, 5.41) is 4.00. The molecule has 0 spiro atoms. The largest absolute Gasteiger partial charge is 0.509 e. The Morgan fingerprint density at radius 3 is 2.50 bits per heavy atom. The average molecular weight is 714 g/mol. The Kier molecular flexibility index (Phi) is 11.2. The van der Waals surface area contributed by atoms with Crippen LogP contribution in [0, 0.1) is 5.82 Å². The lowest BCUT2D eigenvalue weighted by molar-refractivity contribution is -0.146. The Hall–Kier alpha value is -4.82. The second kappa shape index (κ2) is 15.4. The van der Waals surface area contributed by atoms with Crippen LogP contribution < -0.4 is 20.9 Å². The highest BCUT2D eigenvalue weighted by atomic mass is 31.2. The zero-order valence-electron chi connectivity index (χ0n) is 27.7. The molecule has 5 rings (SSSR count). The third kappa shape index (κ3) is 9.45. The first kappa shape index (κ1) is 36.5. The van der Waals surface area contributed by atoms with E-state index in [-0.39, 0.29) is 18.8 Å². The van der Waals surface area contributed by atoms with Crippen molar-refractivity contribution in [3.63, 3.8) is 0 Å². The van der Waals surface area contributed by atoms with Crippen molar-refractivity contribution in [1.29, 1.82) is 0 Å². The summed E-state index contributed by atoms with van der Waals surface area (Å²) < 4.78 is 63.4. The Labute approximate surface area is 286 Å². The van der Waals surface area contributed by atoms with Gasteiger partial charge in [0.25, 0.3) is 5.56 Å². The van der Waals surface area contributed by atoms with Crippen molar-refractivity contribution < 1.29 is 46.5 Å². The molecule has 0 amide bonds. The molecule has 1 fully saturated rings. The lowest BCUT2D eigenvalue weighted by atomic mass is 10.1. The summed E-state index contributed by atoms with van der Waals surface area (Å²) in [7, 11) is -4.49. The maximum Gasteiger partial charge on any atom is 0.509 e. The molecule has 14 nitrogen and oxygen atoms in total. The number of hydrogen-bond donors (Lipinski definition) is 2. The third-order valence-electron chi connectivity index (χ3n) is 7.36. The zero-order chi connectivity index (χ0) is 36.1. The highest BCUT2D eigenvalue weighted by Gasteiger charge is 2.43. The van der Waals surface area contributed by atoms with Crippen molar-refractivity contribution in [2.45, 2.75) is 70.8 Å². The van der Waals surface area contributed by atoms with Gasteiger partial charge in [-0.05, 0) is 44.7 Å². The number of fused-ring (bicyclic) bond motifs is 1. The summed E-state index contributed by atoms with van der Waals surface area (Å²) in [5.74, 6) is -1.82. The van der Waals surface area contributed by atoms with E-state index in [1.807, 2.05) is 29.2 Å². The van der Waals surface area contributed by atoms with E-state index in [1.165, 1.54) is 6.92 Å². The monoisotopic (exact) mass is 713 g/mol. The van der Waals surface area contributed by atoms with Gasteiger partial charge in [0.15, 0.2) is 0 Å². The number of aromatic nitrogens is 2. The first-order valence-electron chi connectivity index (χ1n) is 15.7. The maximum absolute atomic E-state index is 14.5. The quantitative estimate of drug-likeness (QED) is 0.142. The number of halogens is 1. The first-order chi connectivity index (χ1) is 23.7. The van der Waals surface area contributed by atoms with Crippen molar-refractivity contribution in [3.05, 3.63) is 111 Å². The zero-order valence-corrected chi connectivity index (χ0v) is 28.6. The van der Waals surface area contributed by atoms with E-state index in [0.29, 0.717) is 11.6 Å². The number of esters is 1. The second-order valence-electron chi connectivity index (χ2n) is 12.4. The fourth-order valence-electron chi connectivity index (χ4n) is 5.03. The van der Waals surface area contributed by atoms with E-state index < -0.39 is 73.6 Å². The molecule has 0 bridgehead atoms. The summed E-state index contributed by atoms with van der Waals surface area (Å²) in [5.41, 5.74) is -2.38. The van der Waals surface area contributed by atoms with Crippen LogP contribution in [0.5, 0.6) is 5.75 Å². The standard InChI is InChI=1S/C34H37FN3O11P/c1-21(31(40)44-19-22-11-6-5-7-12-22)37-50(43,49-26-16-10-14-23-13-8-9-15-24(23)26)45-20-28-27(47-33(42)48-34(2,3)4)17-29(46-28)38-18-25(35)30(39)36-32(38)41/h5-16,18,21,27-29H,17,19-20H2,1-4H3,(H,37,43)(H,36,39,41)/t21-,27?,28+,29+,50?/m0/s1. The van der Waals surface area contributed by atoms with Gasteiger partial charge in [0, 0.05) is 11.8 Å². The van der Waals surface area contributed by atoms with Crippen molar-refractivity contribution in [3.8, 4) is 5.75 Å². The first-order valence-corrected chi connectivity index (χ1v) is 17.2. The minimum Gasteiger partial charge on any atom is -0.460 e. The van der Waals surface area contributed by atoms with Gasteiger partial charge in [0.2, 0.25) is 5.82 Å². The van der Waals surface area contributed by atoms with Gasteiger partial charge in [-0.25, -0.2) is 14.2 Å². The van der Waals surface area contributed by atoms with Gasteiger partial charge in [-0.15, -0.1) is 0 Å². The van der Waals surface area contributed by atoms with E-state index in [1.54, 1.807) is 69.3 Å². The van der Waals surface area contributed by atoms with Gasteiger partial charge in [-0.3, -0.25) is 23.7 Å². The van der Waals surface area contributed by atoms with Crippen LogP contribution in [0.15, 0.2) is 88.6 Å². The fraction of sp³-hybridized carbons (Fsp3) is 0.353. The summed E-state index contributed by atoms with van der Waals surface area (Å²) in [6, 6.07) is 20.0. The minimum absolute atomic E-state index is 0.0350. The van der Waals surface area contributed by atoms with Crippen molar-refractivity contribution in [1.82, 2.24) is 14.6 Å². The number of nitrogens with zero attached hydrogens (tertiary/aromatic N) is 1. The molecule has 0 saturated carbocycles. The maximum atomic E-state index is 14.5. The summed E-state index contributed by atoms with van der Waals surface area (Å²) >= 11 is 0. The topological polar surface area (TPSA) is 173 Å². The van der Waals surface area contributed by atoms with Gasteiger partial charge < -0.3 is 23.5 Å². The number of hydrogen-bond acceptors (Lipinski definition) is 11. The molecule has 16 heteroatoms. The van der Waals surface area contributed by atoms with Crippen LogP contribution in [0.4, 0.5) is 9.18 Å². The van der Waals surface area contributed by atoms with Crippen LogP contribution in [0.1, 0.15) is 45.9 Å². The van der Waals surface area contributed by atoms with Gasteiger partial charge in [-0.1, -0.05) is 66.7 Å². The molecule has 1 aliphatic rings. The number of carbonyl (C=O) groups excluding carboxylic acids is 2. The van der Waals surface area contributed by atoms with E-state index >= 15 is 0 Å². The molecule has 1 aliphatic heterocycles. The lowest BCUT2D eigenvalue weighted by Gasteiger charge is -2.26. The molecular formula is C34H37FN3O11P. The van der Waals surface area contributed by atoms with E-state index in [4.69, 9.17) is 28.0 Å². The van der Waals surface area contributed by atoms with E-state index in [2.05, 4.69) is 5.09 Å². The number of rotatable bonds is 12. The van der Waals surface area contributed by atoms with Gasteiger partial charge >= 0.3 is 25.6 Å². The molecular weight excluding hydrogens is 676 g/mol. The van der Waals surface area contributed by atoms with Crippen LogP contribution in [0.25, 0.3) is 10.8 Å². The van der Waals surface area contributed by atoms with Crippen molar-refractivity contribution in [2.75, 3.05) is 6.61 Å². The van der Waals surface area contributed by atoms with Crippen molar-refractivity contribution in [2.24, 2.45) is 0 Å². The molecule has 2 N–H and O–H groups in total. The SMILES string of the molecule is C[C@H](NP(=O)(OC[C@H]1O[C@@H](n2cc(F)c(=O)[nH]c2=O)CC1OC(=O)OC(C)(C)C)Oc1cccc2ccccc12)C(=O)OCc1ccccc1. The highest BCUT2D eigenvalue weighted by Crippen LogP contribution is 2.47. The Balaban J connectivity index is 1.40. The van der Waals surface area contributed by atoms with Gasteiger partial charge in [-0.2, -0.15) is 9.48 Å². The van der Waals surface area contributed by atoms with Crippen molar-refractivity contribution >= 4 is 30.6 Å². The molecule has 0 aliphatic carbocycles. The van der Waals surface area contributed by atoms with Crippen LogP contribution in [-0.4, -0.2) is 52.1 Å². The summed E-state index contributed by atoms with van der Waals surface area (Å²) in [6.45, 7) is 5.69. The normalized spacial score (nSPS) is 19.3. The summed E-state index contributed by atoms with van der Waals surface area (Å²) in [6.07, 6.45) is -4.24.